The van der Waals surface area contributed by atoms with Gasteiger partial charge in [-0.25, -0.2) is 0 Å². The van der Waals surface area contributed by atoms with Gasteiger partial charge in [0.2, 0.25) is 0 Å². The standard InChI is InChI=1S/C11H18N2S/c1-14-11(4-5-11)9-13-8-10(2-3-10)6-7-12/h13H,2-6,8-9H2,1H3. The average Bonchev–Trinajstić information content (AvgIpc) is 3.05. The zero-order chi connectivity index (χ0) is 10.1. The lowest BCUT2D eigenvalue weighted by Gasteiger charge is -2.16. The van der Waals surface area contributed by atoms with Gasteiger partial charge in [-0.15, -0.1) is 0 Å². The Labute approximate surface area is 90.4 Å². The summed E-state index contributed by atoms with van der Waals surface area (Å²) in [6, 6.07) is 2.30. The van der Waals surface area contributed by atoms with E-state index < -0.39 is 0 Å². The molecule has 3 heteroatoms. The van der Waals surface area contributed by atoms with Gasteiger partial charge in [0.25, 0.3) is 0 Å². The molecule has 0 aromatic heterocycles. The predicted octanol–water partition coefficient (Wildman–Crippen LogP) is 2.17. The quantitative estimate of drug-likeness (QED) is 0.730. The molecule has 0 unspecified atom stereocenters. The van der Waals surface area contributed by atoms with Gasteiger partial charge in [0, 0.05) is 24.3 Å². The SMILES string of the molecule is CSC1(CNCC2(CC#N)CC2)CC1. The van der Waals surface area contributed by atoms with Crippen LogP contribution in [0.1, 0.15) is 32.1 Å². The van der Waals surface area contributed by atoms with E-state index in [0.29, 0.717) is 10.2 Å². The molecule has 0 aromatic carbocycles. The molecule has 14 heavy (non-hydrogen) atoms. The zero-order valence-electron chi connectivity index (χ0n) is 8.81. The highest BCUT2D eigenvalue weighted by Crippen LogP contribution is 2.49. The first kappa shape index (κ1) is 10.3. The van der Waals surface area contributed by atoms with Crippen molar-refractivity contribution in [2.24, 2.45) is 5.41 Å². The van der Waals surface area contributed by atoms with E-state index in [-0.39, 0.29) is 0 Å². The minimum atomic E-state index is 0.364. The number of rotatable bonds is 6. The van der Waals surface area contributed by atoms with Crippen molar-refractivity contribution >= 4 is 11.8 Å². The maximum Gasteiger partial charge on any atom is 0.0628 e. The highest BCUT2D eigenvalue weighted by atomic mass is 32.2. The molecular formula is C11H18N2S. The molecule has 2 aliphatic rings. The topological polar surface area (TPSA) is 35.8 Å². The third-order valence-electron chi connectivity index (χ3n) is 3.60. The van der Waals surface area contributed by atoms with E-state index in [2.05, 4.69) is 17.6 Å². The van der Waals surface area contributed by atoms with Crippen LogP contribution in [0.3, 0.4) is 0 Å². The molecule has 0 saturated heterocycles. The first-order chi connectivity index (χ1) is 6.74. The van der Waals surface area contributed by atoms with Crippen LogP contribution in [0.15, 0.2) is 0 Å². The summed E-state index contributed by atoms with van der Waals surface area (Å²) in [5, 5.41) is 12.2. The summed E-state index contributed by atoms with van der Waals surface area (Å²) >= 11 is 2.00. The van der Waals surface area contributed by atoms with E-state index in [1.54, 1.807) is 0 Å². The molecule has 0 aliphatic heterocycles. The molecule has 0 spiro atoms. The van der Waals surface area contributed by atoms with Crippen molar-refractivity contribution in [1.82, 2.24) is 5.32 Å². The molecule has 0 atom stereocenters. The van der Waals surface area contributed by atoms with Crippen LogP contribution in [0.2, 0.25) is 0 Å². The van der Waals surface area contributed by atoms with Gasteiger partial charge < -0.3 is 5.32 Å². The molecule has 0 heterocycles. The van der Waals surface area contributed by atoms with Crippen LogP contribution in [-0.2, 0) is 0 Å². The van der Waals surface area contributed by atoms with Crippen molar-refractivity contribution in [3.8, 4) is 6.07 Å². The predicted molar refractivity (Wildman–Crippen MR) is 60.2 cm³/mol. The van der Waals surface area contributed by atoms with Crippen LogP contribution in [0, 0.1) is 16.7 Å². The maximum absolute atomic E-state index is 8.68. The van der Waals surface area contributed by atoms with Gasteiger partial charge in [-0.3, -0.25) is 0 Å². The fourth-order valence-corrected chi connectivity index (χ4v) is 2.67. The smallest absolute Gasteiger partial charge is 0.0628 e. The number of thioether (sulfide) groups is 1. The van der Waals surface area contributed by atoms with Crippen LogP contribution in [0.4, 0.5) is 0 Å². The molecule has 0 radical (unpaired) electrons. The maximum atomic E-state index is 8.68. The number of hydrogen-bond acceptors (Lipinski definition) is 3. The van der Waals surface area contributed by atoms with E-state index in [1.165, 1.54) is 25.7 Å². The summed E-state index contributed by atoms with van der Waals surface area (Å²) < 4.78 is 0.558. The summed E-state index contributed by atoms with van der Waals surface area (Å²) in [7, 11) is 0. The molecule has 2 nitrogen and oxygen atoms in total. The Morgan fingerprint density at radius 1 is 1.29 bits per heavy atom. The number of nitrogens with zero attached hydrogens (tertiary/aromatic N) is 1. The molecule has 2 rings (SSSR count). The molecule has 0 aromatic rings. The van der Waals surface area contributed by atoms with Crippen molar-refractivity contribution < 1.29 is 0 Å². The summed E-state index contributed by atoms with van der Waals surface area (Å²) in [4.78, 5) is 0. The van der Waals surface area contributed by atoms with Crippen LogP contribution < -0.4 is 5.32 Å². The van der Waals surface area contributed by atoms with Gasteiger partial charge >= 0.3 is 0 Å². The van der Waals surface area contributed by atoms with Gasteiger partial charge in [0.15, 0.2) is 0 Å². The van der Waals surface area contributed by atoms with E-state index in [9.17, 15) is 0 Å². The fourth-order valence-electron chi connectivity index (χ4n) is 1.91. The number of nitriles is 1. The van der Waals surface area contributed by atoms with Gasteiger partial charge in [0.05, 0.1) is 6.07 Å². The fraction of sp³-hybridized carbons (Fsp3) is 0.909. The Kier molecular flexibility index (Phi) is 2.77. The van der Waals surface area contributed by atoms with Crippen LogP contribution in [0.5, 0.6) is 0 Å². The third kappa shape index (κ3) is 2.24. The Morgan fingerprint density at radius 3 is 2.43 bits per heavy atom. The zero-order valence-corrected chi connectivity index (χ0v) is 9.62. The lowest BCUT2D eigenvalue weighted by Crippen LogP contribution is -2.31. The molecule has 2 saturated carbocycles. The van der Waals surface area contributed by atoms with Crippen LogP contribution >= 0.6 is 11.8 Å². The molecule has 0 bridgehead atoms. The summed E-state index contributed by atoms with van der Waals surface area (Å²) in [6.07, 6.45) is 8.18. The highest BCUT2D eigenvalue weighted by molar-refractivity contribution is 8.00. The van der Waals surface area contributed by atoms with Crippen molar-refractivity contribution in [2.75, 3.05) is 19.3 Å². The van der Waals surface area contributed by atoms with E-state index in [1.807, 2.05) is 11.8 Å². The number of hydrogen-bond donors (Lipinski definition) is 1. The molecule has 2 aliphatic carbocycles. The summed E-state index contributed by atoms with van der Waals surface area (Å²) in [5.74, 6) is 0. The van der Waals surface area contributed by atoms with Crippen LogP contribution in [0.25, 0.3) is 0 Å². The molecule has 78 valence electrons. The first-order valence-electron chi connectivity index (χ1n) is 5.37. The Balaban J connectivity index is 1.66. The van der Waals surface area contributed by atoms with Gasteiger partial charge in [-0.05, 0) is 37.4 Å². The summed E-state index contributed by atoms with van der Waals surface area (Å²) in [5.41, 5.74) is 0.364. The van der Waals surface area contributed by atoms with Gasteiger partial charge in [0.1, 0.15) is 0 Å². The second-order valence-electron chi connectivity index (χ2n) is 4.83. The monoisotopic (exact) mass is 210 g/mol. The molecule has 1 N–H and O–H groups in total. The minimum Gasteiger partial charge on any atom is -0.315 e. The third-order valence-corrected chi connectivity index (χ3v) is 5.02. The van der Waals surface area contributed by atoms with Crippen molar-refractivity contribution in [3.63, 3.8) is 0 Å². The van der Waals surface area contributed by atoms with Crippen molar-refractivity contribution in [3.05, 3.63) is 0 Å². The van der Waals surface area contributed by atoms with Crippen molar-refractivity contribution in [2.45, 2.75) is 36.9 Å². The first-order valence-corrected chi connectivity index (χ1v) is 6.60. The summed E-state index contributed by atoms with van der Waals surface area (Å²) in [6.45, 7) is 2.20. The van der Waals surface area contributed by atoms with Crippen molar-refractivity contribution in [1.29, 1.82) is 5.26 Å². The Bertz CT molecular complexity index is 249. The largest absolute Gasteiger partial charge is 0.315 e. The highest BCUT2D eigenvalue weighted by Gasteiger charge is 2.45. The minimum absolute atomic E-state index is 0.364. The van der Waals surface area contributed by atoms with Gasteiger partial charge in [-0.2, -0.15) is 17.0 Å². The molecule has 0 amide bonds. The lowest BCUT2D eigenvalue weighted by atomic mass is 10.0. The van der Waals surface area contributed by atoms with Crippen LogP contribution in [-0.4, -0.2) is 24.1 Å². The second-order valence-corrected chi connectivity index (χ2v) is 6.10. The molecule has 2 fully saturated rings. The number of nitrogens with one attached hydrogen (secondary N) is 1. The van der Waals surface area contributed by atoms with Gasteiger partial charge in [-0.1, -0.05) is 0 Å². The average molecular weight is 210 g/mol. The van der Waals surface area contributed by atoms with E-state index in [0.717, 1.165) is 19.5 Å². The Morgan fingerprint density at radius 2 is 2.00 bits per heavy atom. The normalized spacial score (nSPS) is 25.4. The second kappa shape index (κ2) is 3.75. The Hall–Kier alpha value is -0.200. The lowest BCUT2D eigenvalue weighted by molar-refractivity contribution is 0.465. The molecular weight excluding hydrogens is 192 g/mol. The van der Waals surface area contributed by atoms with E-state index >= 15 is 0 Å². The van der Waals surface area contributed by atoms with E-state index in [4.69, 9.17) is 5.26 Å².